The van der Waals surface area contributed by atoms with Gasteiger partial charge in [0.05, 0.1) is 12.1 Å². The van der Waals surface area contributed by atoms with Crippen LogP contribution in [0.1, 0.15) is 55.2 Å². The number of alkyl halides is 2. The van der Waals surface area contributed by atoms with Gasteiger partial charge in [0.1, 0.15) is 5.82 Å². The van der Waals surface area contributed by atoms with E-state index in [0.29, 0.717) is 35.3 Å². The Morgan fingerprint density at radius 3 is 2.65 bits per heavy atom. The minimum absolute atomic E-state index is 0.130. The number of hydrogen-bond donors (Lipinski definition) is 2. The van der Waals surface area contributed by atoms with Crippen LogP contribution in [-0.2, 0) is 6.54 Å². The van der Waals surface area contributed by atoms with Crippen LogP contribution in [0.3, 0.4) is 0 Å². The van der Waals surface area contributed by atoms with E-state index in [0.717, 1.165) is 34.3 Å². The first-order chi connectivity index (χ1) is 20.7. The molecule has 0 spiro atoms. The number of allylic oxidation sites excluding steroid dienone is 5. The van der Waals surface area contributed by atoms with Gasteiger partial charge < -0.3 is 5.32 Å². The van der Waals surface area contributed by atoms with Gasteiger partial charge in [-0.2, -0.15) is 5.10 Å². The second kappa shape index (κ2) is 12.8. The van der Waals surface area contributed by atoms with E-state index in [1.807, 2.05) is 51.1 Å². The van der Waals surface area contributed by atoms with Gasteiger partial charge in [-0.05, 0) is 67.3 Å². The molecular formula is C34H34F3N5O. The zero-order chi connectivity index (χ0) is 30.6. The lowest BCUT2D eigenvalue weighted by molar-refractivity contribution is 0.0115. The van der Waals surface area contributed by atoms with Crippen molar-refractivity contribution in [3.8, 4) is 11.1 Å². The molecule has 0 atom stereocenters. The Morgan fingerprint density at radius 1 is 1.12 bits per heavy atom. The summed E-state index contributed by atoms with van der Waals surface area (Å²) in [4.78, 5) is 19.4. The molecule has 9 heteroatoms. The van der Waals surface area contributed by atoms with Gasteiger partial charge >= 0.3 is 0 Å². The standard InChI is InChI=1S/C34H34F3N5O/c1-4-22(3)27(28-8-6-7-9-30(28)35)12-11-26(5-2)39-33(43)32-29-17-24(10-13-31(29)40-41-32)25-16-23(18-38-19-25)20-42-15-14-34(36,37)21-42/h5-13,16-19H,4,14-15,20-21H2,1-3H3,(H,39,43)(H,40,41)/b12-11-,26-5+,27-22?. The van der Waals surface area contributed by atoms with Gasteiger partial charge in [0, 0.05) is 54.1 Å². The average molecular weight is 586 g/mol. The topological polar surface area (TPSA) is 73.9 Å². The molecule has 1 aliphatic rings. The number of aromatic nitrogens is 3. The summed E-state index contributed by atoms with van der Waals surface area (Å²) in [5, 5.41) is 10.7. The van der Waals surface area contributed by atoms with Gasteiger partial charge in [0.25, 0.3) is 11.8 Å². The van der Waals surface area contributed by atoms with Crippen molar-refractivity contribution in [2.75, 3.05) is 13.1 Å². The fourth-order valence-corrected chi connectivity index (χ4v) is 5.20. The molecule has 4 aromatic rings. The third kappa shape index (κ3) is 6.94. The molecule has 2 aromatic heterocycles. The minimum atomic E-state index is -2.65. The van der Waals surface area contributed by atoms with Crippen molar-refractivity contribution in [1.82, 2.24) is 25.4 Å². The first-order valence-corrected chi connectivity index (χ1v) is 14.3. The number of halogens is 3. The Balaban J connectivity index is 1.36. The van der Waals surface area contributed by atoms with Crippen molar-refractivity contribution < 1.29 is 18.0 Å². The largest absolute Gasteiger partial charge is 0.321 e. The molecule has 6 nitrogen and oxygen atoms in total. The monoisotopic (exact) mass is 585 g/mol. The highest BCUT2D eigenvalue weighted by atomic mass is 19.3. The average Bonchev–Trinajstić information content (AvgIpc) is 3.59. The number of nitrogens with zero attached hydrogens (tertiary/aromatic N) is 3. The number of carbonyl (C=O) groups is 1. The van der Waals surface area contributed by atoms with Crippen LogP contribution in [0.25, 0.3) is 27.6 Å². The van der Waals surface area contributed by atoms with E-state index in [9.17, 15) is 18.0 Å². The molecule has 0 radical (unpaired) electrons. The number of pyridine rings is 1. The van der Waals surface area contributed by atoms with E-state index in [1.54, 1.807) is 47.6 Å². The highest BCUT2D eigenvalue weighted by molar-refractivity contribution is 6.06. The lowest BCUT2D eigenvalue weighted by atomic mass is 9.98. The van der Waals surface area contributed by atoms with Gasteiger partial charge in [-0.15, -0.1) is 0 Å². The highest BCUT2D eigenvalue weighted by Gasteiger charge is 2.37. The van der Waals surface area contributed by atoms with Crippen molar-refractivity contribution in [3.63, 3.8) is 0 Å². The zero-order valence-electron chi connectivity index (χ0n) is 24.4. The van der Waals surface area contributed by atoms with Gasteiger partial charge in [-0.3, -0.25) is 19.8 Å². The second-order valence-corrected chi connectivity index (χ2v) is 10.8. The zero-order valence-corrected chi connectivity index (χ0v) is 24.4. The number of benzene rings is 2. The summed E-state index contributed by atoms with van der Waals surface area (Å²) in [7, 11) is 0. The van der Waals surface area contributed by atoms with Crippen molar-refractivity contribution in [2.45, 2.75) is 46.1 Å². The molecule has 43 heavy (non-hydrogen) atoms. The van der Waals surface area contributed by atoms with E-state index in [1.165, 1.54) is 6.07 Å². The van der Waals surface area contributed by atoms with Crippen LogP contribution in [0.2, 0.25) is 0 Å². The molecule has 0 unspecified atom stereocenters. The molecule has 0 saturated carbocycles. The molecule has 222 valence electrons. The van der Waals surface area contributed by atoms with Crippen molar-refractivity contribution in [1.29, 1.82) is 0 Å². The van der Waals surface area contributed by atoms with Gasteiger partial charge in [-0.25, -0.2) is 13.2 Å². The fourth-order valence-electron chi connectivity index (χ4n) is 5.20. The molecule has 1 aliphatic heterocycles. The molecule has 2 N–H and O–H groups in total. The Morgan fingerprint density at radius 2 is 1.93 bits per heavy atom. The molecular weight excluding hydrogens is 551 g/mol. The van der Waals surface area contributed by atoms with E-state index in [2.05, 4.69) is 20.5 Å². The van der Waals surface area contributed by atoms with Gasteiger partial charge in [-0.1, -0.05) is 48.9 Å². The third-order valence-corrected chi connectivity index (χ3v) is 7.71. The van der Waals surface area contributed by atoms with Crippen LogP contribution >= 0.6 is 0 Å². The Kier molecular flexibility index (Phi) is 8.92. The van der Waals surface area contributed by atoms with Crippen molar-refractivity contribution in [2.24, 2.45) is 0 Å². The Hall–Kier alpha value is -4.50. The summed E-state index contributed by atoms with van der Waals surface area (Å²) < 4.78 is 41.9. The quantitative estimate of drug-likeness (QED) is 0.198. The van der Waals surface area contributed by atoms with Gasteiger partial charge in [0.2, 0.25) is 0 Å². The Labute approximate surface area is 249 Å². The normalized spacial score (nSPS) is 16.2. The number of carbonyl (C=O) groups excluding carboxylic acids is 1. The number of likely N-dealkylation sites (tertiary alicyclic amines) is 1. The highest BCUT2D eigenvalue weighted by Crippen LogP contribution is 2.30. The molecule has 1 saturated heterocycles. The number of aromatic amines is 1. The Bertz CT molecular complexity index is 1740. The van der Waals surface area contributed by atoms with E-state index in [4.69, 9.17) is 0 Å². The third-order valence-electron chi connectivity index (χ3n) is 7.71. The predicted molar refractivity (Wildman–Crippen MR) is 164 cm³/mol. The number of H-pyrrole nitrogens is 1. The smallest absolute Gasteiger partial charge is 0.276 e. The fraction of sp³-hybridized carbons (Fsp3) is 0.265. The number of rotatable bonds is 9. The number of amides is 1. The van der Waals surface area contributed by atoms with Crippen LogP contribution in [-0.4, -0.2) is 45.0 Å². The summed E-state index contributed by atoms with van der Waals surface area (Å²) in [5.74, 6) is -3.35. The molecule has 2 aromatic carbocycles. The van der Waals surface area contributed by atoms with E-state index in [-0.39, 0.29) is 24.5 Å². The summed E-state index contributed by atoms with van der Waals surface area (Å²) in [6.45, 7) is 6.27. The SMILES string of the molecule is C/C=C(\C=C/C(=C(C)CC)c1ccccc1F)NC(=O)c1n[nH]c2ccc(-c3cncc(CN4CCC(F)(F)C4)c3)cc12. The second-order valence-electron chi connectivity index (χ2n) is 10.8. The van der Waals surface area contributed by atoms with Crippen LogP contribution < -0.4 is 5.32 Å². The van der Waals surface area contributed by atoms with Gasteiger partial charge in [0.15, 0.2) is 5.69 Å². The molecule has 1 fully saturated rings. The van der Waals surface area contributed by atoms with Crippen molar-refractivity contribution in [3.05, 3.63) is 113 Å². The minimum Gasteiger partial charge on any atom is -0.321 e. The summed E-state index contributed by atoms with van der Waals surface area (Å²) in [6, 6.07) is 14.2. The number of hydrogen-bond acceptors (Lipinski definition) is 4. The summed E-state index contributed by atoms with van der Waals surface area (Å²) in [6.07, 6.45) is 9.36. The summed E-state index contributed by atoms with van der Waals surface area (Å²) >= 11 is 0. The first kappa shape index (κ1) is 30.0. The maximum atomic E-state index is 14.6. The number of fused-ring (bicyclic) bond motifs is 1. The lowest BCUT2D eigenvalue weighted by Crippen LogP contribution is -2.24. The summed E-state index contributed by atoms with van der Waals surface area (Å²) in [5.41, 5.74) is 6.22. The first-order valence-electron chi connectivity index (χ1n) is 14.3. The van der Waals surface area contributed by atoms with E-state index >= 15 is 0 Å². The van der Waals surface area contributed by atoms with Crippen LogP contribution in [0.5, 0.6) is 0 Å². The van der Waals surface area contributed by atoms with Crippen molar-refractivity contribution >= 4 is 22.4 Å². The van der Waals surface area contributed by atoms with Crippen LogP contribution in [0.15, 0.2) is 90.4 Å². The van der Waals surface area contributed by atoms with Crippen LogP contribution in [0, 0.1) is 5.82 Å². The van der Waals surface area contributed by atoms with Crippen LogP contribution in [0.4, 0.5) is 13.2 Å². The number of nitrogens with one attached hydrogen (secondary N) is 2. The van der Waals surface area contributed by atoms with E-state index < -0.39 is 11.8 Å². The lowest BCUT2D eigenvalue weighted by Gasteiger charge is -2.15. The molecule has 0 aliphatic carbocycles. The predicted octanol–water partition coefficient (Wildman–Crippen LogP) is 7.68. The maximum Gasteiger partial charge on any atom is 0.276 e. The maximum absolute atomic E-state index is 14.6. The molecule has 0 bridgehead atoms. The molecule has 1 amide bonds. The molecule has 5 rings (SSSR count). The molecule has 3 heterocycles.